The molecule has 1 unspecified atom stereocenters. The first kappa shape index (κ1) is 143. The molecule has 0 aromatic heterocycles. The number of carbonyl (C=O) groups excluding carboxylic acids is 11. The molecule has 4 amide bonds. The molecule has 0 saturated carbocycles. The fraction of sp³-hybridized carbons (Fsp3) is 0.586. The summed E-state index contributed by atoms with van der Waals surface area (Å²) in [5, 5.41) is 13.7. The summed E-state index contributed by atoms with van der Waals surface area (Å²) in [5.74, 6) is 0.751. The third-order valence-electron chi connectivity index (χ3n) is 9.59. The van der Waals surface area contributed by atoms with E-state index in [1.165, 1.54) is 50.5 Å². The zero-order chi connectivity index (χ0) is 74.3. The van der Waals surface area contributed by atoms with Crippen LogP contribution in [0.5, 0.6) is 0 Å². The van der Waals surface area contributed by atoms with Crippen molar-refractivity contribution in [3.63, 3.8) is 0 Å². The first-order valence-electron chi connectivity index (χ1n) is 30.4. The third-order valence-corrected chi connectivity index (χ3v) is 9.59. The summed E-state index contributed by atoms with van der Waals surface area (Å²) >= 11 is 0. The zero-order valence-corrected chi connectivity index (χ0v) is 64.3. The van der Waals surface area contributed by atoms with Crippen LogP contribution in [0.2, 0.25) is 0 Å². The zero-order valence-electron chi connectivity index (χ0n) is 64.3. The highest BCUT2D eigenvalue weighted by Crippen LogP contribution is 2.13. The van der Waals surface area contributed by atoms with Crippen LogP contribution in [0, 0.1) is 17.8 Å². The van der Waals surface area contributed by atoms with Gasteiger partial charge in [-0.2, -0.15) is 0 Å². The highest BCUT2D eigenvalue weighted by atomic mass is 16.3. The Morgan fingerprint density at radius 1 is 0.479 bits per heavy atom. The number of nitrogens with zero attached hydrogens (tertiary/aromatic N) is 2. The van der Waals surface area contributed by atoms with E-state index in [4.69, 9.17) is 38.7 Å². The van der Waals surface area contributed by atoms with E-state index in [0.29, 0.717) is 25.9 Å². The predicted molar refractivity (Wildman–Crippen MR) is 406 cm³/mol. The van der Waals surface area contributed by atoms with Gasteiger partial charge in [0.15, 0.2) is 0 Å². The monoisotopic (exact) mass is 1350 g/mol. The molecule has 0 bridgehead atoms. The molecule has 24 heteroatoms. The average Bonchev–Trinajstić information content (AvgIpc) is 3.14. The Morgan fingerprint density at radius 2 is 0.734 bits per heavy atom. The number of amides is 4. The molecule has 0 aliphatic carbocycles. The van der Waals surface area contributed by atoms with Crippen LogP contribution in [0.15, 0.2) is 91.0 Å². The average molecular weight is 1350 g/mol. The van der Waals surface area contributed by atoms with E-state index in [-0.39, 0.29) is 60.5 Å². The van der Waals surface area contributed by atoms with E-state index in [9.17, 15) is 19.2 Å². The summed E-state index contributed by atoms with van der Waals surface area (Å²) in [4.78, 5) is 110. The second-order valence-corrected chi connectivity index (χ2v) is 17.9. The molecule has 1 aliphatic rings. The van der Waals surface area contributed by atoms with Gasteiger partial charge >= 0.3 is 0 Å². The molecule has 1 fully saturated rings. The van der Waals surface area contributed by atoms with Gasteiger partial charge < -0.3 is 107 Å². The van der Waals surface area contributed by atoms with Gasteiger partial charge in [0.05, 0.1) is 0 Å². The number of carbonyl (C=O) groups is 11. The van der Waals surface area contributed by atoms with E-state index >= 15 is 0 Å². The second kappa shape index (κ2) is 134. The Labute approximate surface area is 576 Å². The Morgan fingerprint density at radius 3 is 0.947 bits per heavy atom. The topological polar surface area (TPSA) is 492 Å². The first-order chi connectivity index (χ1) is 42.7. The number of hydrogen-bond acceptors (Lipinski definition) is 20. The summed E-state index contributed by atoms with van der Waals surface area (Å²) in [6.07, 6.45) is 7.25. The number of benzene rings is 3. The van der Waals surface area contributed by atoms with E-state index in [0.717, 1.165) is 49.5 Å². The molecule has 1 saturated heterocycles. The summed E-state index contributed by atoms with van der Waals surface area (Å²) in [6.45, 7) is 55.4. The van der Waals surface area contributed by atoms with Crippen LogP contribution in [-0.4, -0.2) is 152 Å². The number of likely N-dealkylation sites (tertiary alicyclic amines) is 1. The number of aryl methyl sites for hydroxylation is 2. The standard InChI is InChI=1S/C26H40N4O4.2C8H10.C5H12.C4H10.C3H8O.3C2H6.3CH5N.7CH2O.5H3N/c1-18(2)16-22(24(32)27-19(3)26(34)30-14-10-7-11-15-30)28-25(33)23(29(5)20(4)31)17-21-12-8-6-9-13-21;2*1-2-8-6-4-3-5-7-8;1-4-5(2)3;1-4(2)3;1-3(2)4;13*1-2;;;;;/h6,8-9,12-13,18-19,22-23H,7,10-11,14-17H2,1-5H3,(H,27,32)(H,28,33);2*3-7H,2H2,1H3;5H,4H2,1-3H3;4H,1-3H3;3-4H,1-2H3;3*1-2H3;3*2H2,1H3;7*1H2;5*1H3/t19-,22-,23?;;;;;;;;;;;;;;;;;;;;;;;/m0......................./s1. The van der Waals surface area contributed by atoms with Crippen LogP contribution in [0.1, 0.15) is 187 Å². The van der Waals surface area contributed by atoms with Gasteiger partial charge in [0.2, 0.25) is 23.6 Å². The number of piperidine rings is 1. The lowest BCUT2D eigenvalue weighted by Crippen LogP contribution is -2.57. The van der Waals surface area contributed by atoms with Crippen LogP contribution in [0.4, 0.5) is 0 Å². The summed E-state index contributed by atoms with van der Waals surface area (Å²) in [7, 11) is 6.09. The molecule has 94 heavy (non-hydrogen) atoms. The maximum absolute atomic E-state index is 13.3. The van der Waals surface area contributed by atoms with Crippen molar-refractivity contribution in [1.29, 1.82) is 0 Å². The van der Waals surface area contributed by atoms with E-state index in [2.05, 4.69) is 132 Å². The van der Waals surface area contributed by atoms with Crippen LogP contribution in [0.25, 0.3) is 0 Å². The Hall–Kier alpha value is -7.13. The molecule has 3 aromatic carbocycles. The van der Waals surface area contributed by atoms with Crippen molar-refractivity contribution in [1.82, 2.24) is 51.2 Å². The van der Waals surface area contributed by atoms with Gasteiger partial charge in [0, 0.05) is 39.6 Å². The molecule has 0 spiro atoms. The van der Waals surface area contributed by atoms with E-state index in [1.54, 1.807) is 32.7 Å². The number of aliphatic hydroxyl groups is 1. The maximum Gasteiger partial charge on any atom is 0.244 e. The normalized spacial score (nSPS) is 9.43. The highest BCUT2D eigenvalue weighted by molar-refractivity contribution is 5.94. The van der Waals surface area contributed by atoms with Crippen LogP contribution >= 0.6 is 0 Å². The molecule has 564 valence electrons. The van der Waals surface area contributed by atoms with Gasteiger partial charge in [-0.05, 0) is 115 Å². The molecule has 1 heterocycles. The van der Waals surface area contributed by atoms with Gasteiger partial charge in [-0.3, -0.25) is 19.2 Å². The SMILES string of the molecule is C=O.C=O.C=O.C=O.C=O.C=O.C=O.CC.CC.CC.CC(=O)N(C)C(Cc1ccccc1)C(=O)N[C@@H](CC(C)C)C(=O)N[C@@H](C)C(=O)N1CCCCC1.CC(C)C.CC(C)O.CCC(C)C.CCc1ccccc1.CCc1ccccc1.CN.CN.CN.N.N.N.N.N. The maximum atomic E-state index is 13.3. The van der Waals surface area contributed by atoms with Crippen LogP contribution in [-0.2, 0) is 72.0 Å². The van der Waals surface area contributed by atoms with Crippen LogP contribution in [0.3, 0.4) is 0 Å². The predicted octanol–water partition coefficient (Wildman–Crippen LogP) is 12.0. The molecule has 24 nitrogen and oxygen atoms in total. The fourth-order valence-corrected chi connectivity index (χ4v) is 5.62. The number of hydrogen-bond donors (Lipinski definition) is 11. The second-order valence-electron chi connectivity index (χ2n) is 17.9. The van der Waals surface area contributed by atoms with Crippen molar-refractivity contribution in [2.45, 2.75) is 214 Å². The van der Waals surface area contributed by atoms with Crippen molar-refractivity contribution >= 4 is 71.2 Å². The van der Waals surface area contributed by atoms with Crippen molar-refractivity contribution < 1.29 is 57.8 Å². The summed E-state index contributed by atoms with van der Waals surface area (Å²) in [6, 6.07) is 28.1. The number of likely N-dealkylation sites (N-methyl/N-ethyl adjacent to an activating group) is 1. The summed E-state index contributed by atoms with van der Waals surface area (Å²) in [5.41, 5.74) is 17.2. The van der Waals surface area contributed by atoms with Crippen molar-refractivity contribution in [2.24, 2.45) is 35.0 Å². The lowest BCUT2D eigenvalue weighted by molar-refractivity contribution is -0.140. The Balaban J connectivity index is -0.0000000420. The smallest absolute Gasteiger partial charge is 0.244 e. The van der Waals surface area contributed by atoms with Crippen molar-refractivity contribution in [3.05, 3.63) is 108 Å². The molecular formula is C70H152N12O12. The number of rotatable bonds is 13. The van der Waals surface area contributed by atoms with Gasteiger partial charge in [-0.15, -0.1) is 0 Å². The third kappa shape index (κ3) is 119. The van der Waals surface area contributed by atoms with E-state index in [1.807, 2.05) is 145 Å². The molecule has 4 rings (SSSR count). The Bertz CT molecular complexity index is 1680. The fourth-order valence-electron chi connectivity index (χ4n) is 5.62. The van der Waals surface area contributed by atoms with Gasteiger partial charge in [-0.1, -0.05) is 208 Å². The molecular weight excluding hydrogens is 1200 g/mol. The summed E-state index contributed by atoms with van der Waals surface area (Å²) < 4.78 is 0. The molecule has 3 aromatic rings. The largest absolute Gasteiger partial charge is 0.394 e. The minimum Gasteiger partial charge on any atom is -0.394 e. The first-order valence-corrected chi connectivity index (χ1v) is 30.4. The van der Waals surface area contributed by atoms with Gasteiger partial charge in [-0.25, -0.2) is 0 Å². The number of aliphatic hydroxyl groups excluding tert-OH is 1. The number of nitrogens with one attached hydrogen (secondary N) is 2. The number of nitrogens with two attached hydrogens (primary N) is 3. The molecule has 1 aliphatic heterocycles. The molecule has 24 N–H and O–H groups in total. The molecule has 3 atom stereocenters. The lowest BCUT2D eigenvalue weighted by Gasteiger charge is -2.31. The minimum atomic E-state index is -0.803. The van der Waals surface area contributed by atoms with Crippen molar-refractivity contribution in [2.75, 3.05) is 41.3 Å². The molecule has 0 radical (unpaired) electrons. The Kier molecular flexibility index (Phi) is 205. The quantitative estimate of drug-likeness (QED) is 0.0757. The lowest BCUT2D eigenvalue weighted by atomic mass is 10.00. The van der Waals surface area contributed by atoms with Crippen LogP contribution < -0.4 is 58.6 Å². The van der Waals surface area contributed by atoms with Crippen molar-refractivity contribution in [3.8, 4) is 0 Å². The highest BCUT2D eigenvalue weighted by Gasteiger charge is 2.32. The van der Waals surface area contributed by atoms with Gasteiger partial charge in [0.25, 0.3) is 0 Å². The van der Waals surface area contributed by atoms with E-state index < -0.39 is 24.0 Å². The minimum absolute atomic E-state index is 0. The van der Waals surface area contributed by atoms with Gasteiger partial charge in [0.1, 0.15) is 65.6 Å².